The van der Waals surface area contributed by atoms with Gasteiger partial charge in [-0.15, -0.1) is 0 Å². The van der Waals surface area contributed by atoms with Crippen LogP contribution in [-0.2, 0) is 9.53 Å². The average Bonchev–Trinajstić information content (AvgIpc) is 3.07. The summed E-state index contributed by atoms with van der Waals surface area (Å²) in [5.41, 5.74) is 0.257. The molecule has 0 saturated heterocycles. The quantitative estimate of drug-likeness (QED) is 0.743. The predicted octanol–water partition coefficient (Wildman–Crippen LogP) is 3.07. The largest absolute Gasteiger partial charge is 0.495 e. The first-order valence-corrected chi connectivity index (χ1v) is 8.68. The minimum absolute atomic E-state index is 0.187. The van der Waals surface area contributed by atoms with E-state index in [1.807, 2.05) is 0 Å². The van der Waals surface area contributed by atoms with Crippen molar-refractivity contribution < 1.29 is 23.8 Å². The molecule has 1 amide bonds. The van der Waals surface area contributed by atoms with Crippen molar-refractivity contribution in [3.63, 3.8) is 0 Å². The van der Waals surface area contributed by atoms with Gasteiger partial charge in [-0.25, -0.2) is 4.79 Å². The van der Waals surface area contributed by atoms with Crippen molar-refractivity contribution in [3.8, 4) is 11.5 Å². The molecule has 0 radical (unpaired) electrons. The van der Waals surface area contributed by atoms with Crippen molar-refractivity contribution in [3.05, 3.63) is 22.2 Å². The first-order valence-electron chi connectivity index (χ1n) is 7.89. The number of halogens is 1. The summed E-state index contributed by atoms with van der Waals surface area (Å²) in [6, 6.07) is 3.26. The van der Waals surface area contributed by atoms with Gasteiger partial charge in [0.05, 0.1) is 19.8 Å². The maximum atomic E-state index is 12.3. The molecule has 1 aromatic carbocycles. The molecule has 1 saturated carbocycles. The third-order valence-electron chi connectivity index (χ3n) is 4.04. The standard InChI is InChI=1S/C17H22BrNO5/c1-10(16(20)19-12-6-4-5-7-12)24-17(21)11-8-13(22-2)15(18)14(9-11)23-3/h8-10,12H,4-7H2,1-3H3,(H,19,20)/t10-/m1/s1. The summed E-state index contributed by atoms with van der Waals surface area (Å²) in [4.78, 5) is 24.4. The maximum Gasteiger partial charge on any atom is 0.339 e. The van der Waals surface area contributed by atoms with Gasteiger partial charge in [0, 0.05) is 6.04 Å². The van der Waals surface area contributed by atoms with Gasteiger partial charge in [0.1, 0.15) is 16.0 Å². The zero-order valence-electron chi connectivity index (χ0n) is 14.1. The summed E-state index contributed by atoms with van der Waals surface area (Å²) in [5.74, 6) is 0.0215. The number of rotatable bonds is 6. The number of hydrogen-bond donors (Lipinski definition) is 1. The Morgan fingerprint density at radius 3 is 2.21 bits per heavy atom. The average molecular weight is 400 g/mol. The van der Waals surface area contributed by atoms with Crippen molar-refractivity contribution in [2.75, 3.05) is 14.2 Å². The van der Waals surface area contributed by atoms with Crippen LogP contribution in [0.2, 0.25) is 0 Å². The summed E-state index contributed by atoms with van der Waals surface area (Å²) in [6.07, 6.45) is 3.34. The highest BCUT2D eigenvalue weighted by Crippen LogP contribution is 2.35. The molecule has 7 heteroatoms. The van der Waals surface area contributed by atoms with E-state index in [1.165, 1.54) is 26.4 Å². The Labute approximate surface area is 150 Å². The third-order valence-corrected chi connectivity index (χ3v) is 4.82. The topological polar surface area (TPSA) is 73.9 Å². The van der Waals surface area contributed by atoms with E-state index in [4.69, 9.17) is 14.2 Å². The molecular formula is C17H22BrNO5. The molecule has 1 atom stereocenters. The normalized spacial score (nSPS) is 15.7. The number of hydrogen-bond acceptors (Lipinski definition) is 5. The van der Waals surface area contributed by atoms with E-state index >= 15 is 0 Å². The van der Waals surface area contributed by atoms with E-state index in [2.05, 4.69) is 21.2 Å². The van der Waals surface area contributed by atoms with E-state index in [0.29, 0.717) is 16.0 Å². The van der Waals surface area contributed by atoms with E-state index < -0.39 is 12.1 Å². The lowest BCUT2D eigenvalue weighted by Crippen LogP contribution is -2.40. The molecule has 0 aromatic heterocycles. The lowest BCUT2D eigenvalue weighted by atomic mass is 10.2. The molecule has 24 heavy (non-hydrogen) atoms. The lowest BCUT2D eigenvalue weighted by molar-refractivity contribution is -0.129. The number of amides is 1. The minimum Gasteiger partial charge on any atom is -0.495 e. The van der Waals surface area contributed by atoms with Crippen molar-refractivity contribution >= 4 is 27.8 Å². The van der Waals surface area contributed by atoms with Gasteiger partial charge < -0.3 is 19.5 Å². The van der Waals surface area contributed by atoms with Crippen molar-refractivity contribution in [1.29, 1.82) is 0 Å². The predicted molar refractivity (Wildman–Crippen MR) is 92.5 cm³/mol. The Balaban J connectivity index is 2.04. The minimum atomic E-state index is -0.862. The second-order valence-corrected chi connectivity index (χ2v) is 6.53. The Morgan fingerprint density at radius 1 is 1.17 bits per heavy atom. The van der Waals surface area contributed by atoms with Crippen LogP contribution >= 0.6 is 15.9 Å². The van der Waals surface area contributed by atoms with Crippen LogP contribution in [0.4, 0.5) is 0 Å². The molecule has 0 heterocycles. The fourth-order valence-electron chi connectivity index (χ4n) is 2.66. The molecule has 1 aliphatic carbocycles. The summed E-state index contributed by atoms with van der Waals surface area (Å²) >= 11 is 3.34. The lowest BCUT2D eigenvalue weighted by Gasteiger charge is -2.17. The van der Waals surface area contributed by atoms with Crippen LogP contribution < -0.4 is 14.8 Å². The van der Waals surface area contributed by atoms with Gasteiger partial charge in [0.2, 0.25) is 0 Å². The number of benzene rings is 1. The number of esters is 1. The van der Waals surface area contributed by atoms with Crippen LogP contribution in [0.15, 0.2) is 16.6 Å². The van der Waals surface area contributed by atoms with E-state index in [-0.39, 0.29) is 17.5 Å². The SMILES string of the molecule is COc1cc(C(=O)O[C@H](C)C(=O)NC2CCCC2)cc(OC)c1Br. The Morgan fingerprint density at radius 2 is 1.71 bits per heavy atom. The van der Waals surface area contributed by atoms with Gasteiger partial charge in [-0.3, -0.25) is 4.79 Å². The van der Waals surface area contributed by atoms with Crippen LogP contribution in [0.3, 0.4) is 0 Å². The van der Waals surface area contributed by atoms with Crippen molar-refractivity contribution in [2.45, 2.75) is 44.8 Å². The second kappa shape index (κ2) is 8.37. The van der Waals surface area contributed by atoms with Gasteiger partial charge in [-0.1, -0.05) is 12.8 Å². The molecule has 1 aliphatic rings. The summed E-state index contributed by atoms with van der Waals surface area (Å²) < 4.78 is 16.3. The molecule has 1 N–H and O–H groups in total. The Hall–Kier alpha value is -1.76. The smallest absolute Gasteiger partial charge is 0.339 e. The third kappa shape index (κ3) is 4.41. The highest BCUT2D eigenvalue weighted by molar-refractivity contribution is 9.10. The summed E-state index contributed by atoms with van der Waals surface area (Å²) in [6.45, 7) is 1.56. The Bertz CT molecular complexity index is 588. The fraction of sp³-hybridized carbons (Fsp3) is 0.529. The first kappa shape index (κ1) is 18.6. The Kier molecular flexibility index (Phi) is 6.48. The zero-order valence-corrected chi connectivity index (χ0v) is 15.6. The maximum absolute atomic E-state index is 12.3. The summed E-state index contributed by atoms with van der Waals surface area (Å²) in [7, 11) is 2.98. The number of carbonyl (C=O) groups is 2. The fourth-order valence-corrected chi connectivity index (χ4v) is 3.21. The summed E-state index contributed by atoms with van der Waals surface area (Å²) in [5, 5.41) is 2.92. The number of nitrogens with one attached hydrogen (secondary N) is 1. The molecular weight excluding hydrogens is 378 g/mol. The van der Waals surface area contributed by atoms with E-state index in [0.717, 1.165) is 25.7 Å². The van der Waals surface area contributed by atoms with Crippen LogP contribution in [0.25, 0.3) is 0 Å². The zero-order chi connectivity index (χ0) is 17.7. The number of ether oxygens (including phenoxy) is 3. The van der Waals surface area contributed by atoms with E-state index in [9.17, 15) is 9.59 Å². The van der Waals surface area contributed by atoms with E-state index in [1.54, 1.807) is 6.92 Å². The highest BCUT2D eigenvalue weighted by atomic mass is 79.9. The molecule has 1 fully saturated rings. The number of carbonyl (C=O) groups excluding carboxylic acids is 2. The molecule has 6 nitrogen and oxygen atoms in total. The van der Waals surface area contributed by atoms with Gasteiger partial charge in [-0.05, 0) is 47.8 Å². The van der Waals surface area contributed by atoms with Crippen LogP contribution in [0.5, 0.6) is 11.5 Å². The molecule has 0 unspecified atom stereocenters. The van der Waals surface area contributed by atoms with Gasteiger partial charge >= 0.3 is 5.97 Å². The van der Waals surface area contributed by atoms with Gasteiger partial charge in [0.25, 0.3) is 5.91 Å². The second-order valence-electron chi connectivity index (χ2n) is 5.73. The van der Waals surface area contributed by atoms with Crippen LogP contribution in [-0.4, -0.2) is 38.2 Å². The molecule has 132 valence electrons. The van der Waals surface area contributed by atoms with Gasteiger partial charge in [0.15, 0.2) is 6.10 Å². The molecule has 0 spiro atoms. The molecule has 1 aromatic rings. The molecule has 0 bridgehead atoms. The molecule has 0 aliphatic heterocycles. The van der Waals surface area contributed by atoms with Crippen molar-refractivity contribution in [1.82, 2.24) is 5.32 Å². The number of methoxy groups -OCH3 is 2. The van der Waals surface area contributed by atoms with Crippen LogP contribution in [0, 0.1) is 0 Å². The van der Waals surface area contributed by atoms with Crippen molar-refractivity contribution in [2.24, 2.45) is 0 Å². The molecule has 2 rings (SSSR count). The first-order chi connectivity index (χ1) is 11.5. The van der Waals surface area contributed by atoms with Crippen LogP contribution in [0.1, 0.15) is 43.0 Å². The monoisotopic (exact) mass is 399 g/mol. The van der Waals surface area contributed by atoms with Gasteiger partial charge in [-0.2, -0.15) is 0 Å². The highest BCUT2D eigenvalue weighted by Gasteiger charge is 2.24.